The average Bonchev–Trinajstić information content (AvgIpc) is 2.47. The first-order valence-corrected chi connectivity index (χ1v) is 5.87. The first-order chi connectivity index (χ1) is 6.22. The van der Waals surface area contributed by atoms with E-state index in [-0.39, 0.29) is 0 Å². The van der Waals surface area contributed by atoms with Gasteiger partial charge in [-0.05, 0) is 34.7 Å². The molecule has 2 rings (SSSR count). The van der Waals surface area contributed by atoms with Crippen LogP contribution in [0.25, 0.3) is 10.1 Å². The molecule has 0 bridgehead atoms. The summed E-state index contributed by atoms with van der Waals surface area (Å²) in [5.41, 5.74) is 0.562. The molecule has 0 fully saturated rings. The normalized spacial score (nSPS) is 10.6. The number of aldehydes is 1. The van der Waals surface area contributed by atoms with E-state index in [1.807, 2.05) is 12.1 Å². The van der Waals surface area contributed by atoms with Crippen LogP contribution in [0.1, 0.15) is 10.4 Å². The molecule has 1 aromatic carbocycles. The zero-order chi connectivity index (χ0) is 9.42. The predicted molar refractivity (Wildman–Crippen MR) is 64.9 cm³/mol. The minimum absolute atomic E-state index is 0.527. The summed E-state index contributed by atoms with van der Waals surface area (Å²) in [5, 5.41) is 3.70. The number of carbonyl (C=O) groups is 1. The molecule has 4 heteroatoms. The van der Waals surface area contributed by atoms with Crippen LogP contribution in [0.4, 0.5) is 0 Å². The van der Waals surface area contributed by atoms with E-state index in [1.165, 1.54) is 3.57 Å². The van der Waals surface area contributed by atoms with Crippen molar-refractivity contribution in [2.75, 3.05) is 0 Å². The summed E-state index contributed by atoms with van der Waals surface area (Å²) in [4.78, 5) is 10.6. The van der Waals surface area contributed by atoms with Crippen molar-refractivity contribution in [3.8, 4) is 0 Å². The lowest BCUT2D eigenvalue weighted by Crippen LogP contribution is -1.80. The third kappa shape index (κ3) is 1.60. The number of halogens is 2. The number of thiophene rings is 1. The van der Waals surface area contributed by atoms with E-state index in [1.54, 1.807) is 11.3 Å². The summed E-state index contributed by atoms with van der Waals surface area (Å²) in [7, 11) is 0. The van der Waals surface area contributed by atoms with Gasteiger partial charge in [-0.25, -0.2) is 0 Å². The minimum Gasteiger partial charge on any atom is -0.298 e. The van der Waals surface area contributed by atoms with Gasteiger partial charge in [-0.1, -0.05) is 11.6 Å². The topological polar surface area (TPSA) is 17.1 Å². The minimum atomic E-state index is 0.527. The highest BCUT2D eigenvalue weighted by atomic mass is 127. The molecule has 0 amide bonds. The summed E-state index contributed by atoms with van der Waals surface area (Å²) in [6.45, 7) is 0. The number of carbonyl (C=O) groups excluding carboxylic acids is 1. The van der Waals surface area contributed by atoms with E-state index in [0.717, 1.165) is 16.4 Å². The smallest absolute Gasteiger partial charge is 0.151 e. The third-order valence-electron chi connectivity index (χ3n) is 1.77. The average molecular weight is 323 g/mol. The van der Waals surface area contributed by atoms with Crippen molar-refractivity contribution in [1.29, 1.82) is 0 Å². The van der Waals surface area contributed by atoms with Gasteiger partial charge in [-0.2, -0.15) is 0 Å². The second-order valence-corrected chi connectivity index (χ2v) is 5.05. The summed E-state index contributed by atoms with van der Waals surface area (Å²) in [6, 6.07) is 3.68. The van der Waals surface area contributed by atoms with Crippen LogP contribution in [-0.2, 0) is 0 Å². The number of rotatable bonds is 1. The van der Waals surface area contributed by atoms with Crippen molar-refractivity contribution in [1.82, 2.24) is 0 Å². The summed E-state index contributed by atoms with van der Waals surface area (Å²) in [6.07, 6.45) is 0.786. The first-order valence-electron chi connectivity index (χ1n) is 3.54. The van der Waals surface area contributed by atoms with Crippen LogP contribution in [0, 0.1) is 3.57 Å². The Kier molecular flexibility index (Phi) is 2.58. The molecule has 0 aliphatic heterocycles. The fourth-order valence-electron chi connectivity index (χ4n) is 1.12. The molecule has 0 spiro atoms. The van der Waals surface area contributed by atoms with Crippen LogP contribution in [0.2, 0.25) is 5.02 Å². The first kappa shape index (κ1) is 9.43. The zero-order valence-electron chi connectivity index (χ0n) is 6.38. The summed E-state index contributed by atoms with van der Waals surface area (Å²) in [5.74, 6) is 0. The molecule has 0 aliphatic carbocycles. The standard InChI is InChI=1S/C9H4ClIOS/c10-7-2-6-8(11)4-13-9(6)1-5(7)3-12/h1-4H. The highest BCUT2D eigenvalue weighted by Gasteiger charge is 2.06. The molecule has 1 aromatic heterocycles. The molecule has 13 heavy (non-hydrogen) atoms. The molecule has 0 saturated carbocycles. The van der Waals surface area contributed by atoms with Crippen LogP contribution in [-0.4, -0.2) is 6.29 Å². The van der Waals surface area contributed by atoms with Crippen molar-refractivity contribution >= 4 is 61.9 Å². The fraction of sp³-hybridized carbons (Fsp3) is 0. The Morgan fingerprint density at radius 2 is 2.23 bits per heavy atom. The van der Waals surface area contributed by atoms with Gasteiger partial charge < -0.3 is 0 Å². The van der Waals surface area contributed by atoms with Crippen molar-refractivity contribution in [2.45, 2.75) is 0 Å². The Labute approximate surface area is 97.8 Å². The maximum absolute atomic E-state index is 10.6. The third-order valence-corrected chi connectivity index (χ3v) is 4.36. The number of fused-ring (bicyclic) bond motifs is 1. The molecule has 1 heterocycles. The SMILES string of the molecule is O=Cc1cc2scc(I)c2cc1Cl. The van der Waals surface area contributed by atoms with E-state index in [4.69, 9.17) is 11.6 Å². The Bertz CT molecular complexity index is 478. The number of hydrogen-bond acceptors (Lipinski definition) is 2. The van der Waals surface area contributed by atoms with Crippen LogP contribution in [0.3, 0.4) is 0 Å². The summed E-state index contributed by atoms with van der Waals surface area (Å²) < 4.78 is 2.29. The number of hydrogen-bond donors (Lipinski definition) is 0. The largest absolute Gasteiger partial charge is 0.298 e. The lowest BCUT2D eigenvalue weighted by Gasteiger charge is -1.96. The van der Waals surface area contributed by atoms with Gasteiger partial charge >= 0.3 is 0 Å². The highest BCUT2D eigenvalue weighted by Crippen LogP contribution is 2.31. The molecule has 1 nitrogen and oxygen atoms in total. The van der Waals surface area contributed by atoms with E-state index in [9.17, 15) is 4.79 Å². The maximum Gasteiger partial charge on any atom is 0.151 e. The lowest BCUT2D eigenvalue weighted by molar-refractivity contribution is 0.112. The molecule has 0 atom stereocenters. The van der Waals surface area contributed by atoms with E-state index in [2.05, 4.69) is 28.0 Å². The van der Waals surface area contributed by atoms with E-state index >= 15 is 0 Å². The second kappa shape index (κ2) is 3.55. The van der Waals surface area contributed by atoms with Gasteiger partial charge in [0.2, 0.25) is 0 Å². The molecule has 0 unspecified atom stereocenters. The summed E-state index contributed by atoms with van der Waals surface area (Å²) >= 11 is 9.79. The molecule has 0 N–H and O–H groups in total. The van der Waals surface area contributed by atoms with Crippen molar-refractivity contribution in [3.05, 3.63) is 31.7 Å². The van der Waals surface area contributed by atoms with E-state index < -0.39 is 0 Å². The quantitative estimate of drug-likeness (QED) is 0.573. The Morgan fingerprint density at radius 1 is 1.46 bits per heavy atom. The Balaban J connectivity index is 2.83. The lowest BCUT2D eigenvalue weighted by atomic mass is 10.2. The Hall–Kier alpha value is -0.130. The van der Waals surface area contributed by atoms with Crippen LogP contribution >= 0.6 is 45.5 Å². The van der Waals surface area contributed by atoms with Crippen LogP contribution in [0.5, 0.6) is 0 Å². The van der Waals surface area contributed by atoms with Crippen LogP contribution in [0.15, 0.2) is 17.5 Å². The van der Waals surface area contributed by atoms with Gasteiger partial charge in [-0.15, -0.1) is 11.3 Å². The molecule has 66 valence electrons. The van der Waals surface area contributed by atoms with Gasteiger partial charge in [0.1, 0.15) is 0 Å². The fourth-order valence-corrected chi connectivity index (χ4v) is 3.19. The molecular formula is C9H4ClIOS. The predicted octanol–water partition coefficient (Wildman–Crippen LogP) is 3.97. The maximum atomic E-state index is 10.6. The monoisotopic (exact) mass is 322 g/mol. The number of benzene rings is 1. The van der Waals surface area contributed by atoms with Crippen molar-refractivity contribution in [3.63, 3.8) is 0 Å². The van der Waals surface area contributed by atoms with Crippen LogP contribution < -0.4 is 0 Å². The van der Waals surface area contributed by atoms with Gasteiger partial charge in [0.25, 0.3) is 0 Å². The van der Waals surface area contributed by atoms with E-state index in [0.29, 0.717) is 10.6 Å². The highest BCUT2D eigenvalue weighted by molar-refractivity contribution is 14.1. The second-order valence-electron chi connectivity index (χ2n) is 2.57. The molecule has 0 saturated heterocycles. The molecule has 0 aliphatic rings. The molecule has 2 aromatic rings. The van der Waals surface area contributed by atoms with Gasteiger partial charge in [0.05, 0.1) is 5.02 Å². The Morgan fingerprint density at radius 3 is 2.92 bits per heavy atom. The van der Waals surface area contributed by atoms with Gasteiger partial charge in [-0.3, -0.25) is 4.79 Å². The van der Waals surface area contributed by atoms with Crippen molar-refractivity contribution < 1.29 is 4.79 Å². The van der Waals surface area contributed by atoms with Gasteiger partial charge in [0, 0.05) is 24.6 Å². The van der Waals surface area contributed by atoms with Crippen molar-refractivity contribution in [2.24, 2.45) is 0 Å². The molecular weight excluding hydrogens is 319 g/mol. The zero-order valence-corrected chi connectivity index (χ0v) is 10.1. The molecule has 0 radical (unpaired) electrons. The van der Waals surface area contributed by atoms with Gasteiger partial charge in [0.15, 0.2) is 6.29 Å².